The van der Waals surface area contributed by atoms with E-state index in [4.69, 9.17) is 5.73 Å². The lowest BCUT2D eigenvalue weighted by molar-refractivity contribution is 0.377. The van der Waals surface area contributed by atoms with Crippen molar-refractivity contribution in [3.63, 3.8) is 0 Å². The number of nitrogens with zero attached hydrogens (tertiary/aromatic N) is 3. The lowest BCUT2D eigenvalue weighted by Crippen LogP contribution is -2.29. The van der Waals surface area contributed by atoms with Crippen LogP contribution in [0.25, 0.3) is 0 Å². The molecule has 0 spiro atoms. The number of hydrogen-bond donors (Lipinski definition) is 1. The summed E-state index contributed by atoms with van der Waals surface area (Å²) in [4.78, 5) is 0. The van der Waals surface area contributed by atoms with Crippen molar-refractivity contribution in [3.8, 4) is 0 Å². The topological polar surface area (TPSA) is 56.7 Å². The molecule has 4 nitrogen and oxygen atoms in total. The standard InChI is InChI=1S/C10H18N4S/c1-14-7-12-13-10(14)15-9-5-3-2-4-8(9)6-11/h7-9H,2-6,11H2,1H3. The molecule has 15 heavy (non-hydrogen) atoms. The van der Waals surface area contributed by atoms with Gasteiger partial charge in [-0.1, -0.05) is 24.6 Å². The van der Waals surface area contributed by atoms with Gasteiger partial charge in [0.15, 0.2) is 5.16 Å². The number of aromatic nitrogens is 3. The summed E-state index contributed by atoms with van der Waals surface area (Å²) in [6.45, 7) is 0.801. The molecule has 1 aromatic rings. The highest BCUT2D eigenvalue weighted by atomic mass is 32.2. The molecule has 1 aliphatic rings. The molecule has 2 atom stereocenters. The summed E-state index contributed by atoms with van der Waals surface area (Å²) in [7, 11) is 1.99. The Morgan fingerprint density at radius 3 is 3.00 bits per heavy atom. The van der Waals surface area contributed by atoms with Gasteiger partial charge in [-0.2, -0.15) is 0 Å². The molecule has 1 fully saturated rings. The Kier molecular flexibility index (Phi) is 3.64. The molecule has 0 radical (unpaired) electrons. The molecular formula is C10H18N4S. The van der Waals surface area contributed by atoms with Crippen LogP contribution in [0.5, 0.6) is 0 Å². The molecule has 0 amide bonds. The average molecular weight is 226 g/mol. The molecule has 1 aromatic heterocycles. The van der Waals surface area contributed by atoms with Gasteiger partial charge < -0.3 is 10.3 Å². The summed E-state index contributed by atoms with van der Waals surface area (Å²) in [5, 5.41) is 9.66. The second kappa shape index (κ2) is 4.99. The van der Waals surface area contributed by atoms with Gasteiger partial charge >= 0.3 is 0 Å². The van der Waals surface area contributed by atoms with Gasteiger partial charge in [-0.3, -0.25) is 0 Å². The SMILES string of the molecule is Cn1cnnc1SC1CCCCC1CN. The largest absolute Gasteiger partial charge is 0.330 e. The highest BCUT2D eigenvalue weighted by molar-refractivity contribution is 7.99. The quantitative estimate of drug-likeness (QED) is 0.847. The first-order valence-electron chi connectivity index (χ1n) is 5.52. The highest BCUT2D eigenvalue weighted by Gasteiger charge is 2.26. The minimum absolute atomic E-state index is 0.631. The molecule has 0 saturated heterocycles. The van der Waals surface area contributed by atoms with Gasteiger partial charge in [-0.25, -0.2) is 0 Å². The molecular weight excluding hydrogens is 208 g/mol. The van der Waals surface area contributed by atoms with E-state index in [1.54, 1.807) is 6.33 Å². The van der Waals surface area contributed by atoms with Gasteiger partial charge in [-0.15, -0.1) is 10.2 Å². The molecule has 1 heterocycles. The molecule has 1 saturated carbocycles. The van der Waals surface area contributed by atoms with E-state index in [0.717, 1.165) is 11.7 Å². The zero-order chi connectivity index (χ0) is 10.7. The van der Waals surface area contributed by atoms with Crippen molar-refractivity contribution in [1.82, 2.24) is 14.8 Å². The monoisotopic (exact) mass is 226 g/mol. The predicted molar refractivity (Wildman–Crippen MR) is 61.7 cm³/mol. The van der Waals surface area contributed by atoms with Gasteiger partial charge in [0.1, 0.15) is 6.33 Å². The first-order chi connectivity index (χ1) is 7.31. The number of thioether (sulfide) groups is 1. The third kappa shape index (κ3) is 2.52. The van der Waals surface area contributed by atoms with Gasteiger partial charge in [0, 0.05) is 12.3 Å². The fourth-order valence-corrected chi connectivity index (χ4v) is 3.42. The smallest absolute Gasteiger partial charge is 0.191 e. The Hall–Kier alpha value is -0.550. The van der Waals surface area contributed by atoms with Gasteiger partial charge in [0.2, 0.25) is 0 Å². The maximum absolute atomic E-state index is 5.80. The molecule has 1 aliphatic carbocycles. The second-order valence-electron chi connectivity index (χ2n) is 4.16. The lowest BCUT2D eigenvalue weighted by Gasteiger charge is -2.29. The Labute approximate surface area is 94.6 Å². The van der Waals surface area contributed by atoms with Crippen LogP contribution in [0.4, 0.5) is 0 Å². The van der Waals surface area contributed by atoms with Crippen LogP contribution >= 0.6 is 11.8 Å². The van der Waals surface area contributed by atoms with Crippen LogP contribution in [0.15, 0.2) is 11.5 Å². The van der Waals surface area contributed by atoms with E-state index < -0.39 is 0 Å². The molecule has 2 N–H and O–H groups in total. The van der Waals surface area contributed by atoms with Crippen LogP contribution in [0, 0.1) is 5.92 Å². The van der Waals surface area contributed by atoms with Crippen molar-refractivity contribution in [1.29, 1.82) is 0 Å². The van der Waals surface area contributed by atoms with Gasteiger partial charge in [0.05, 0.1) is 0 Å². The first kappa shape index (κ1) is 11.0. The van der Waals surface area contributed by atoms with E-state index in [9.17, 15) is 0 Å². The zero-order valence-electron chi connectivity index (χ0n) is 9.09. The number of hydrogen-bond acceptors (Lipinski definition) is 4. The van der Waals surface area contributed by atoms with Crippen LogP contribution in [-0.4, -0.2) is 26.6 Å². The van der Waals surface area contributed by atoms with E-state index in [0.29, 0.717) is 11.2 Å². The summed E-state index contributed by atoms with van der Waals surface area (Å²) in [6, 6.07) is 0. The maximum Gasteiger partial charge on any atom is 0.191 e. The lowest BCUT2D eigenvalue weighted by atomic mass is 9.89. The average Bonchev–Trinajstić information content (AvgIpc) is 2.65. The van der Waals surface area contributed by atoms with Crippen LogP contribution in [0.2, 0.25) is 0 Å². The molecule has 0 bridgehead atoms. The summed E-state index contributed by atoms with van der Waals surface area (Å²) < 4.78 is 1.98. The van der Waals surface area contributed by atoms with Crippen molar-refractivity contribution in [2.45, 2.75) is 36.1 Å². The van der Waals surface area contributed by atoms with Crippen molar-refractivity contribution >= 4 is 11.8 Å². The summed E-state index contributed by atoms with van der Waals surface area (Å²) >= 11 is 1.84. The molecule has 2 unspecified atom stereocenters. The first-order valence-corrected chi connectivity index (χ1v) is 6.40. The number of aryl methyl sites for hydroxylation is 1. The highest BCUT2D eigenvalue weighted by Crippen LogP contribution is 2.35. The van der Waals surface area contributed by atoms with Crippen LogP contribution < -0.4 is 5.73 Å². The molecule has 0 aromatic carbocycles. The fraction of sp³-hybridized carbons (Fsp3) is 0.800. The van der Waals surface area contributed by atoms with Crippen molar-refractivity contribution in [2.75, 3.05) is 6.54 Å². The second-order valence-corrected chi connectivity index (χ2v) is 5.37. The van der Waals surface area contributed by atoms with E-state index in [1.807, 2.05) is 23.4 Å². The minimum atomic E-state index is 0.631. The van der Waals surface area contributed by atoms with Gasteiger partial charge in [0.25, 0.3) is 0 Å². The number of nitrogens with two attached hydrogens (primary N) is 1. The Balaban J connectivity index is 2.00. The van der Waals surface area contributed by atoms with Crippen LogP contribution in [-0.2, 0) is 7.05 Å². The molecule has 2 rings (SSSR count). The summed E-state index contributed by atoms with van der Waals surface area (Å²) in [5.41, 5.74) is 5.80. The number of rotatable bonds is 3. The zero-order valence-corrected chi connectivity index (χ0v) is 9.91. The van der Waals surface area contributed by atoms with Crippen LogP contribution in [0.1, 0.15) is 25.7 Å². The molecule has 5 heteroatoms. The predicted octanol–water partition coefficient (Wildman–Crippen LogP) is 1.42. The van der Waals surface area contributed by atoms with E-state index >= 15 is 0 Å². The van der Waals surface area contributed by atoms with Crippen molar-refractivity contribution in [3.05, 3.63) is 6.33 Å². The fourth-order valence-electron chi connectivity index (χ4n) is 2.11. The maximum atomic E-state index is 5.80. The molecule has 0 aliphatic heterocycles. The van der Waals surface area contributed by atoms with Gasteiger partial charge in [-0.05, 0) is 25.3 Å². The van der Waals surface area contributed by atoms with Crippen molar-refractivity contribution < 1.29 is 0 Å². The minimum Gasteiger partial charge on any atom is -0.330 e. The molecule has 84 valence electrons. The Morgan fingerprint density at radius 2 is 2.33 bits per heavy atom. The van der Waals surface area contributed by atoms with E-state index in [1.165, 1.54) is 25.7 Å². The third-order valence-electron chi connectivity index (χ3n) is 3.07. The Morgan fingerprint density at radius 1 is 1.53 bits per heavy atom. The van der Waals surface area contributed by atoms with E-state index in [-0.39, 0.29) is 0 Å². The van der Waals surface area contributed by atoms with Crippen molar-refractivity contribution in [2.24, 2.45) is 18.7 Å². The van der Waals surface area contributed by atoms with Crippen LogP contribution in [0.3, 0.4) is 0 Å². The van der Waals surface area contributed by atoms with E-state index in [2.05, 4.69) is 10.2 Å². The normalized spacial score (nSPS) is 26.8. The summed E-state index contributed by atoms with van der Waals surface area (Å²) in [5.74, 6) is 0.653. The third-order valence-corrected chi connectivity index (χ3v) is 4.57. The Bertz CT molecular complexity index is 312. The summed E-state index contributed by atoms with van der Waals surface area (Å²) in [6.07, 6.45) is 6.94.